The Hall–Kier alpha value is -1.31. The first-order valence-electron chi connectivity index (χ1n) is 8.12. The summed E-state index contributed by atoms with van der Waals surface area (Å²) in [7, 11) is 0. The first-order chi connectivity index (χ1) is 9.78. The van der Waals surface area contributed by atoms with Crippen LogP contribution in [0.5, 0.6) is 0 Å². The van der Waals surface area contributed by atoms with Crippen molar-refractivity contribution < 1.29 is 4.79 Å². The van der Waals surface area contributed by atoms with Crippen molar-refractivity contribution in [3.8, 4) is 0 Å². The van der Waals surface area contributed by atoms with Gasteiger partial charge in [0.25, 0.3) is 0 Å². The summed E-state index contributed by atoms with van der Waals surface area (Å²) in [5.74, 6) is 1.57. The maximum Gasteiger partial charge on any atom is 0.224 e. The summed E-state index contributed by atoms with van der Waals surface area (Å²) in [4.78, 5) is 12.1. The van der Waals surface area contributed by atoms with Crippen molar-refractivity contribution in [3.05, 3.63) is 30.3 Å². The lowest BCUT2D eigenvalue weighted by Gasteiger charge is -2.25. The van der Waals surface area contributed by atoms with E-state index in [1.807, 2.05) is 30.3 Å². The molecule has 0 spiro atoms. The number of carbonyl (C=O) groups is 1. The van der Waals surface area contributed by atoms with Gasteiger partial charge >= 0.3 is 0 Å². The summed E-state index contributed by atoms with van der Waals surface area (Å²) in [5, 5.41) is 3.01. The Morgan fingerprint density at radius 2 is 1.90 bits per heavy atom. The van der Waals surface area contributed by atoms with Gasteiger partial charge in [-0.3, -0.25) is 4.79 Å². The van der Waals surface area contributed by atoms with Crippen LogP contribution in [0.25, 0.3) is 0 Å². The lowest BCUT2D eigenvalue weighted by Crippen LogP contribution is -2.19. The summed E-state index contributed by atoms with van der Waals surface area (Å²) < 4.78 is 0. The fourth-order valence-corrected chi connectivity index (χ4v) is 3.28. The van der Waals surface area contributed by atoms with E-state index < -0.39 is 0 Å². The molecule has 0 aromatic heterocycles. The molecule has 0 heterocycles. The first kappa shape index (κ1) is 15.1. The van der Waals surface area contributed by atoms with Gasteiger partial charge in [-0.25, -0.2) is 0 Å². The molecule has 1 unspecified atom stereocenters. The summed E-state index contributed by atoms with van der Waals surface area (Å²) >= 11 is 0. The molecule has 20 heavy (non-hydrogen) atoms. The van der Waals surface area contributed by atoms with Crippen LogP contribution in [0.4, 0.5) is 5.69 Å². The first-order valence-corrected chi connectivity index (χ1v) is 8.12. The highest BCUT2D eigenvalue weighted by molar-refractivity contribution is 5.90. The summed E-state index contributed by atoms with van der Waals surface area (Å²) in [6.07, 6.45) is 9.93. The van der Waals surface area contributed by atoms with Gasteiger partial charge < -0.3 is 5.32 Å². The third-order valence-electron chi connectivity index (χ3n) is 4.50. The van der Waals surface area contributed by atoms with Crippen LogP contribution in [-0.4, -0.2) is 5.91 Å². The van der Waals surface area contributed by atoms with Gasteiger partial charge in [0.1, 0.15) is 0 Å². The van der Waals surface area contributed by atoms with E-state index in [2.05, 4.69) is 12.2 Å². The Kier molecular flexibility index (Phi) is 6.10. The van der Waals surface area contributed by atoms with Gasteiger partial charge in [-0.1, -0.05) is 63.6 Å². The van der Waals surface area contributed by atoms with E-state index in [4.69, 9.17) is 0 Å². The van der Waals surface area contributed by atoms with Crippen LogP contribution in [0.2, 0.25) is 0 Å². The van der Waals surface area contributed by atoms with Crippen molar-refractivity contribution in [1.82, 2.24) is 0 Å². The van der Waals surface area contributed by atoms with Crippen LogP contribution in [0, 0.1) is 11.8 Å². The number of rotatable bonds is 6. The zero-order valence-corrected chi connectivity index (χ0v) is 12.6. The molecule has 2 nitrogen and oxygen atoms in total. The largest absolute Gasteiger partial charge is 0.326 e. The van der Waals surface area contributed by atoms with Gasteiger partial charge in [0.15, 0.2) is 0 Å². The smallest absolute Gasteiger partial charge is 0.224 e. The highest BCUT2D eigenvalue weighted by Gasteiger charge is 2.20. The molecule has 0 bridgehead atoms. The lowest BCUT2D eigenvalue weighted by molar-refractivity contribution is -0.117. The number of anilines is 1. The molecule has 2 rings (SSSR count). The number of hydrogen-bond donors (Lipinski definition) is 1. The summed E-state index contributed by atoms with van der Waals surface area (Å²) in [5.41, 5.74) is 0.907. The van der Waals surface area contributed by atoms with Gasteiger partial charge in [-0.15, -0.1) is 0 Å². The molecule has 2 heteroatoms. The quantitative estimate of drug-likeness (QED) is 0.775. The molecular formula is C18H27NO. The van der Waals surface area contributed by atoms with Crippen molar-refractivity contribution in [1.29, 1.82) is 0 Å². The Balaban J connectivity index is 1.78. The maximum absolute atomic E-state index is 12.1. The molecule has 1 aliphatic carbocycles. The van der Waals surface area contributed by atoms with Crippen molar-refractivity contribution in [2.45, 2.75) is 58.3 Å². The maximum atomic E-state index is 12.1. The van der Waals surface area contributed by atoms with E-state index in [0.717, 1.165) is 18.0 Å². The molecule has 1 amide bonds. The Morgan fingerprint density at radius 3 is 2.55 bits per heavy atom. The highest BCUT2D eigenvalue weighted by atomic mass is 16.1. The van der Waals surface area contributed by atoms with Crippen LogP contribution >= 0.6 is 0 Å². The van der Waals surface area contributed by atoms with Gasteiger partial charge in [-0.2, -0.15) is 0 Å². The standard InChI is InChI=1S/C18H27NO/c1-2-15(13-16-9-5-3-6-10-16)14-18(20)19-17-11-7-4-8-12-17/h4,7-8,11-12,15-16H,2-3,5-6,9-10,13-14H2,1H3,(H,19,20). The van der Waals surface area contributed by atoms with E-state index in [0.29, 0.717) is 12.3 Å². The molecule has 110 valence electrons. The topological polar surface area (TPSA) is 29.1 Å². The number of benzene rings is 1. The normalized spacial score (nSPS) is 17.6. The van der Waals surface area contributed by atoms with E-state index in [-0.39, 0.29) is 5.91 Å². The lowest BCUT2D eigenvalue weighted by atomic mass is 9.81. The zero-order valence-electron chi connectivity index (χ0n) is 12.6. The molecule has 1 aromatic carbocycles. The average molecular weight is 273 g/mol. The summed E-state index contributed by atoms with van der Waals surface area (Å²) in [6.45, 7) is 2.21. The minimum absolute atomic E-state index is 0.166. The number of amides is 1. The van der Waals surface area contributed by atoms with E-state index >= 15 is 0 Å². The second-order valence-corrected chi connectivity index (χ2v) is 6.13. The molecule has 1 aliphatic rings. The van der Waals surface area contributed by atoms with Crippen molar-refractivity contribution >= 4 is 11.6 Å². The van der Waals surface area contributed by atoms with E-state index in [1.54, 1.807) is 0 Å². The Labute approximate surface area is 123 Å². The summed E-state index contributed by atoms with van der Waals surface area (Å²) in [6, 6.07) is 9.76. The number of nitrogens with one attached hydrogen (secondary N) is 1. The van der Waals surface area contributed by atoms with Crippen LogP contribution in [0.15, 0.2) is 30.3 Å². The van der Waals surface area contributed by atoms with Gasteiger partial charge in [-0.05, 0) is 30.4 Å². The van der Waals surface area contributed by atoms with Gasteiger partial charge in [0, 0.05) is 12.1 Å². The van der Waals surface area contributed by atoms with Crippen LogP contribution in [0.1, 0.15) is 58.3 Å². The monoisotopic (exact) mass is 273 g/mol. The third kappa shape index (κ3) is 4.99. The molecule has 1 saturated carbocycles. The van der Waals surface area contributed by atoms with Gasteiger partial charge in [0.05, 0.1) is 0 Å². The second-order valence-electron chi connectivity index (χ2n) is 6.13. The van der Waals surface area contributed by atoms with Crippen LogP contribution in [0.3, 0.4) is 0 Å². The predicted octanol–water partition coefficient (Wildman–Crippen LogP) is 5.01. The fourth-order valence-electron chi connectivity index (χ4n) is 3.28. The molecule has 1 N–H and O–H groups in total. The number of carbonyl (C=O) groups excluding carboxylic acids is 1. The fraction of sp³-hybridized carbons (Fsp3) is 0.611. The zero-order chi connectivity index (χ0) is 14.2. The second kappa shape index (κ2) is 8.08. The van der Waals surface area contributed by atoms with Crippen molar-refractivity contribution in [2.24, 2.45) is 11.8 Å². The molecule has 1 aromatic rings. The molecule has 0 aliphatic heterocycles. The van der Waals surface area contributed by atoms with Crippen LogP contribution < -0.4 is 5.32 Å². The van der Waals surface area contributed by atoms with E-state index in [1.165, 1.54) is 38.5 Å². The molecule has 1 atom stereocenters. The predicted molar refractivity (Wildman–Crippen MR) is 84.7 cm³/mol. The molecule has 0 saturated heterocycles. The Morgan fingerprint density at radius 1 is 1.20 bits per heavy atom. The number of hydrogen-bond acceptors (Lipinski definition) is 1. The average Bonchev–Trinajstić information content (AvgIpc) is 2.48. The molecule has 1 fully saturated rings. The van der Waals surface area contributed by atoms with E-state index in [9.17, 15) is 4.79 Å². The Bertz CT molecular complexity index is 395. The molecular weight excluding hydrogens is 246 g/mol. The van der Waals surface area contributed by atoms with Crippen LogP contribution in [-0.2, 0) is 4.79 Å². The van der Waals surface area contributed by atoms with Gasteiger partial charge in [0.2, 0.25) is 5.91 Å². The highest BCUT2D eigenvalue weighted by Crippen LogP contribution is 2.31. The SMILES string of the molecule is CCC(CC(=O)Nc1ccccc1)CC1CCCCC1. The third-order valence-corrected chi connectivity index (χ3v) is 4.50. The van der Waals surface area contributed by atoms with Crippen molar-refractivity contribution in [2.75, 3.05) is 5.32 Å². The molecule has 0 radical (unpaired) electrons. The minimum Gasteiger partial charge on any atom is -0.326 e. The number of para-hydroxylation sites is 1. The minimum atomic E-state index is 0.166. The van der Waals surface area contributed by atoms with Crippen molar-refractivity contribution in [3.63, 3.8) is 0 Å².